The maximum atomic E-state index is 10.7. The summed E-state index contributed by atoms with van der Waals surface area (Å²) in [6.07, 6.45) is 1.70. The first kappa shape index (κ1) is 9.14. The molecule has 3 heteroatoms. The van der Waals surface area contributed by atoms with Crippen LogP contribution >= 0.6 is 0 Å². The lowest BCUT2D eigenvalue weighted by Gasteiger charge is -2.04. The van der Waals surface area contributed by atoms with E-state index in [1.54, 1.807) is 6.92 Å². The van der Waals surface area contributed by atoms with Crippen LogP contribution in [0.4, 0.5) is 0 Å². The van der Waals surface area contributed by atoms with Gasteiger partial charge in [0.05, 0.1) is 5.92 Å². The fraction of sp³-hybridized carbons (Fsp3) is 0.714. The maximum absolute atomic E-state index is 10.7. The van der Waals surface area contributed by atoms with Crippen molar-refractivity contribution in [3.63, 3.8) is 0 Å². The molecule has 0 radical (unpaired) electrons. The van der Waals surface area contributed by atoms with E-state index in [-0.39, 0.29) is 12.4 Å². The smallest absolute Gasteiger partial charge is 0.316 e. The van der Waals surface area contributed by atoms with Crippen molar-refractivity contribution in [1.29, 1.82) is 0 Å². The van der Waals surface area contributed by atoms with Gasteiger partial charge in [-0.05, 0) is 6.42 Å². The van der Waals surface area contributed by atoms with E-state index in [2.05, 4.69) is 4.74 Å². The Morgan fingerprint density at radius 3 is 2.70 bits per heavy atom. The van der Waals surface area contributed by atoms with Crippen LogP contribution in [0.3, 0.4) is 0 Å². The first-order valence-electron chi connectivity index (χ1n) is 3.36. The van der Waals surface area contributed by atoms with E-state index >= 15 is 0 Å². The number of hydrogen-bond donors (Lipinski definition) is 0. The molecule has 1 unspecified atom stereocenters. The summed E-state index contributed by atoms with van der Waals surface area (Å²) >= 11 is 0. The summed E-state index contributed by atoms with van der Waals surface area (Å²) in [5.74, 6) is -0.591. The Hall–Kier alpha value is -0.860. The topological polar surface area (TPSA) is 43.4 Å². The molecule has 0 bridgehead atoms. The van der Waals surface area contributed by atoms with Crippen LogP contribution in [-0.2, 0) is 14.3 Å². The van der Waals surface area contributed by atoms with Crippen LogP contribution in [-0.4, -0.2) is 12.4 Å². The van der Waals surface area contributed by atoms with Crippen LogP contribution < -0.4 is 0 Å². The van der Waals surface area contributed by atoms with Crippen molar-refractivity contribution in [2.24, 2.45) is 5.92 Å². The lowest BCUT2D eigenvalue weighted by molar-refractivity contribution is -0.154. The molecule has 0 heterocycles. The minimum atomic E-state index is -0.433. The van der Waals surface area contributed by atoms with Gasteiger partial charge in [-0.2, -0.15) is 0 Å². The number of hydrogen-bond acceptors (Lipinski definition) is 3. The molecule has 10 heavy (non-hydrogen) atoms. The highest BCUT2D eigenvalue weighted by Gasteiger charge is 2.11. The van der Waals surface area contributed by atoms with E-state index in [9.17, 15) is 9.59 Å². The summed E-state index contributed by atoms with van der Waals surface area (Å²) in [6, 6.07) is 0. The SMILES string of the molecule is CCCC(C)C(=O)OC=O. The average molecular weight is 144 g/mol. The molecular formula is C7H12O3. The van der Waals surface area contributed by atoms with Crippen LogP contribution in [0.1, 0.15) is 26.7 Å². The van der Waals surface area contributed by atoms with Crippen molar-refractivity contribution in [2.75, 3.05) is 0 Å². The van der Waals surface area contributed by atoms with Crippen molar-refractivity contribution >= 4 is 12.4 Å². The van der Waals surface area contributed by atoms with E-state index in [1.807, 2.05) is 6.92 Å². The largest absolute Gasteiger partial charge is 0.395 e. The van der Waals surface area contributed by atoms with Crippen molar-refractivity contribution in [3.05, 3.63) is 0 Å². The van der Waals surface area contributed by atoms with Gasteiger partial charge in [-0.1, -0.05) is 20.3 Å². The molecule has 0 aromatic rings. The number of carbonyl (C=O) groups excluding carboxylic acids is 2. The second kappa shape index (κ2) is 4.97. The zero-order valence-electron chi connectivity index (χ0n) is 6.29. The first-order valence-corrected chi connectivity index (χ1v) is 3.36. The Kier molecular flexibility index (Phi) is 4.54. The van der Waals surface area contributed by atoms with Gasteiger partial charge in [0.15, 0.2) is 0 Å². The van der Waals surface area contributed by atoms with E-state index in [1.165, 1.54) is 0 Å². The maximum Gasteiger partial charge on any atom is 0.316 e. The predicted molar refractivity (Wildman–Crippen MR) is 36.2 cm³/mol. The average Bonchev–Trinajstić information content (AvgIpc) is 1.89. The fourth-order valence-electron chi connectivity index (χ4n) is 0.714. The molecule has 58 valence electrons. The Balaban J connectivity index is 3.58. The van der Waals surface area contributed by atoms with Crippen LogP contribution in [0, 0.1) is 5.92 Å². The summed E-state index contributed by atoms with van der Waals surface area (Å²) in [5.41, 5.74) is 0. The third kappa shape index (κ3) is 3.22. The quantitative estimate of drug-likeness (QED) is 0.337. The molecule has 0 aromatic heterocycles. The summed E-state index contributed by atoms with van der Waals surface area (Å²) in [6.45, 7) is 3.90. The second-order valence-electron chi connectivity index (χ2n) is 2.22. The molecule has 0 spiro atoms. The van der Waals surface area contributed by atoms with Gasteiger partial charge in [-0.25, -0.2) is 0 Å². The van der Waals surface area contributed by atoms with Crippen LogP contribution in [0.5, 0.6) is 0 Å². The third-order valence-corrected chi connectivity index (χ3v) is 1.29. The zero-order chi connectivity index (χ0) is 7.98. The second-order valence-corrected chi connectivity index (χ2v) is 2.22. The molecule has 0 saturated heterocycles. The standard InChI is InChI=1S/C7H12O3/c1-3-4-6(2)7(9)10-5-8/h5-6H,3-4H2,1-2H3. The van der Waals surface area contributed by atoms with Gasteiger partial charge in [0.1, 0.15) is 0 Å². The van der Waals surface area contributed by atoms with Gasteiger partial charge in [0.2, 0.25) is 0 Å². The summed E-state index contributed by atoms with van der Waals surface area (Å²) in [5, 5.41) is 0. The van der Waals surface area contributed by atoms with E-state index in [0.29, 0.717) is 0 Å². The van der Waals surface area contributed by atoms with E-state index in [0.717, 1.165) is 12.8 Å². The number of rotatable bonds is 4. The van der Waals surface area contributed by atoms with Gasteiger partial charge in [0, 0.05) is 0 Å². The van der Waals surface area contributed by atoms with E-state index < -0.39 is 5.97 Å². The van der Waals surface area contributed by atoms with Gasteiger partial charge in [0.25, 0.3) is 0 Å². The van der Waals surface area contributed by atoms with Crippen LogP contribution in [0.15, 0.2) is 0 Å². The Labute approximate surface area is 60.4 Å². The number of ether oxygens (including phenoxy) is 1. The normalized spacial score (nSPS) is 12.2. The van der Waals surface area contributed by atoms with Crippen LogP contribution in [0.25, 0.3) is 0 Å². The zero-order valence-corrected chi connectivity index (χ0v) is 6.29. The number of carbonyl (C=O) groups is 2. The van der Waals surface area contributed by atoms with Crippen molar-refractivity contribution in [3.8, 4) is 0 Å². The lowest BCUT2D eigenvalue weighted by atomic mass is 10.1. The molecule has 0 saturated carbocycles. The van der Waals surface area contributed by atoms with Crippen molar-refractivity contribution < 1.29 is 14.3 Å². The van der Waals surface area contributed by atoms with Gasteiger partial charge in [-0.3, -0.25) is 9.59 Å². The molecule has 1 atom stereocenters. The molecule has 0 aromatic carbocycles. The summed E-state index contributed by atoms with van der Waals surface area (Å²) < 4.78 is 4.14. The molecular weight excluding hydrogens is 132 g/mol. The molecule has 0 amide bonds. The van der Waals surface area contributed by atoms with Crippen molar-refractivity contribution in [2.45, 2.75) is 26.7 Å². The molecule has 0 aliphatic rings. The summed E-state index contributed by atoms with van der Waals surface area (Å²) in [4.78, 5) is 20.4. The predicted octanol–water partition coefficient (Wildman–Crippen LogP) is 1.12. The van der Waals surface area contributed by atoms with Gasteiger partial charge in [-0.15, -0.1) is 0 Å². The lowest BCUT2D eigenvalue weighted by Crippen LogP contribution is -2.13. The highest BCUT2D eigenvalue weighted by Crippen LogP contribution is 2.05. The Morgan fingerprint density at radius 2 is 2.30 bits per heavy atom. The molecule has 0 N–H and O–H groups in total. The molecule has 0 aliphatic carbocycles. The van der Waals surface area contributed by atoms with Crippen molar-refractivity contribution in [1.82, 2.24) is 0 Å². The molecule has 3 nitrogen and oxygen atoms in total. The third-order valence-electron chi connectivity index (χ3n) is 1.29. The summed E-state index contributed by atoms with van der Waals surface area (Å²) in [7, 11) is 0. The minimum absolute atomic E-state index is 0.157. The fourth-order valence-corrected chi connectivity index (χ4v) is 0.714. The highest BCUT2D eigenvalue weighted by molar-refractivity contribution is 5.78. The molecule has 0 fully saturated rings. The first-order chi connectivity index (χ1) is 4.72. The Morgan fingerprint density at radius 1 is 1.70 bits per heavy atom. The Bertz CT molecular complexity index is 120. The van der Waals surface area contributed by atoms with Gasteiger partial charge >= 0.3 is 12.4 Å². The molecule has 0 rings (SSSR count). The van der Waals surface area contributed by atoms with Gasteiger partial charge < -0.3 is 4.74 Å². The minimum Gasteiger partial charge on any atom is -0.395 e. The van der Waals surface area contributed by atoms with Crippen LogP contribution in [0.2, 0.25) is 0 Å². The number of esters is 1. The molecule has 0 aliphatic heterocycles. The highest BCUT2D eigenvalue weighted by atomic mass is 16.6. The monoisotopic (exact) mass is 144 g/mol. The van der Waals surface area contributed by atoms with E-state index in [4.69, 9.17) is 0 Å².